The normalized spacial score (nSPS) is 11.0. The first-order valence-corrected chi connectivity index (χ1v) is 6.27. The van der Waals surface area contributed by atoms with Gasteiger partial charge in [0.15, 0.2) is 0 Å². The van der Waals surface area contributed by atoms with Gasteiger partial charge in [-0.05, 0) is 0 Å². The van der Waals surface area contributed by atoms with Gasteiger partial charge in [-0.1, -0.05) is 0 Å². The fourth-order valence-corrected chi connectivity index (χ4v) is 0. The van der Waals surface area contributed by atoms with E-state index in [2.05, 4.69) is 26.9 Å². The summed E-state index contributed by atoms with van der Waals surface area (Å²) >= 11 is 0. The Morgan fingerprint density at radius 1 is 1.12 bits per heavy atom. The number of rotatable bonds is 1. The van der Waals surface area contributed by atoms with Crippen LogP contribution in [0, 0.1) is 0 Å². The zero-order chi connectivity index (χ0) is 5.21. The van der Waals surface area contributed by atoms with Crippen LogP contribution in [0.1, 0.15) is 6.92 Å². The molecule has 56 valence electrons. The molecule has 0 aliphatic carbocycles. The van der Waals surface area contributed by atoms with Gasteiger partial charge in [0.05, 0.1) is 0 Å². The molecule has 0 aromatic carbocycles. The van der Waals surface area contributed by atoms with E-state index in [9.17, 15) is 0 Å². The molecule has 0 radical (unpaired) electrons. The first kappa shape index (κ1) is 15.9. The van der Waals surface area contributed by atoms with Crippen LogP contribution in [0.25, 0.3) is 0 Å². The van der Waals surface area contributed by atoms with E-state index in [-0.39, 0.29) is 23.1 Å². The molecule has 0 heterocycles. The quantitative estimate of drug-likeness (QED) is 0.654. The Hall–Kier alpha value is 0.870. The van der Waals surface area contributed by atoms with E-state index in [0.29, 0.717) is 0 Å². The molecule has 0 unspecified atom stereocenters. The predicted octanol–water partition coefficient (Wildman–Crippen LogP) is 2.39. The molecular formula is C5H19BrNP. The molecule has 0 aliphatic heterocycles. The van der Waals surface area contributed by atoms with Crippen LogP contribution in [-0.2, 0) is 0 Å². The van der Waals surface area contributed by atoms with Crippen molar-refractivity contribution in [3.8, 4) is 0 Å². The van der Waals surface area contributed by atoms with Crippen LogP contribution in [0.2, 0.25) is 0 Å². The van der Waals surface area contributed by atoms with Crippen LogP contribution in [0.4, 0.5) is 0 Å². The van der Waals surface area contributed by atoms with Crippen LogP contribution < -0.4 is 6.15 Å². The second kappa shape index (κ2) is 6.00. The van der Waals surface area contributed by atoms with Crippen LogP contribution >= 0.6 is 24.2 Å². The average molecular weight is 204 g/mol. The summed E-state index contributed by atoms with van der Waals surface area (Å²) in [4.78, 5) is 0. The topological polar surface area (TPSA) is 35.0 Å². The maximum atomic E-state index is 2.38. The molecule has 8 heavy (non-hydrogen) atoms. The fourth-order valence-electron chi connectivity index (χ4n) is 0. The maximum absolute atomic E-state index is 2.38. The van der Waals surface area contributed by atoms with Crippen molar-refractivity contribution in [2.75, 3.05) is 26.2 Å². The van der Waals surface area contributed by atoms with Gasteiger partial charge < -0.3 is 6.15 Å². The van der Waals surface area contributed by atoms with Crippen molar-refractivity contribution < 1.29 is 0 Å². The molecular weight excluding hydrogens is 185 g/mol. The van der Waals surface area contributed by atoms with Crippen molar-refractivity contribution in [3.05, 3.63) is 0 Å². The minimum atomic E-state index is -0.631. The van der Waals surface area contributed by atoms with E-state index in [1.54, 1.807) is 0 Å². The second-order valence-corrected chi connectivity index (χ2v) is 8.74. The molecule has 0 aliphatic rings. The Morgan fingerprint density at radius 2 is 1.25 bits per heavy atom. The van der Waals surface area contributed by atoms with Crippen molar-refractivity contribution in [1.82, 2.24) is 6.15 Å². The number of halogens is 1. The molecule has 3 N–H and O–H groups in total. The van der Waals surface area contributed by atoms with Crippen molar-refractivity contribution >= 4 is 24.2 Å². The second-order valence-electron chi connectivity index (χ2n) is 2.91. The van der Waals surface area contributed by atoms with Gasteiger partial charge in [0.2, 0.25) is 0 Å². The molecule has 0 saturated heterocycles. The summed E-state index contributed by atoms with van der Waals surface area (Å²) in [5.41, 5.74) is 0. The molecule has 0 aromatic heterocycles. The van der Waals surface area contributed by atoms with E-state index in [1.807, 2.05) is 0 Å². The summed E-state index contributed by atoms with van der Waals surface area (Å²) in [7, 11) is -0.631. The van der Waals surface area contributed by atoms with E-state index in [1.165, 1.54) is 6.16 Å². The monoisotopic (exact) mass is 203 g/mol. The molecule has 1 nitrogen and oxygen atoms in total. The predicted molar refractivity (Wildman–Crippen MR) is 52.0 cm³/mol. The largest absolute Gasteiger partial charge is 0.344 e. The van der Waals surface area contributed by atoms with Gasteiger partial charge in [-0.15, -0.1) is 17.0 Å². The van der Waals surface area contributed by atoms with Crippen molar-refractivity contribution in [1.29, 1.82) is 0 Å². The summed E-state index contributed by atoms with van der Waals surface area (Å²) in [5, 5.41) is 0. The molecule has 0 fully saturated rings. The molecule has 0 atom stereocenters. The molecule has 0 amide bonds. The molecule has 0 spiro atoms. The van der Waals surface area contributed by atoms with E-state index in [0.717, 1.165) is 0 Å². The smallest absolute Gasteiger partial charge is 0.344 e. The Kier molecular flexibility index (Phi) is 12.0. The van der Waals surface area contributed by atoms with Crippen LogP contribution in [0.5, 0.6) is 0 Å². The third kappa shape index (κ3) is 15.8. The van der Waals surface area contributed by atoms with Gasteiger partial charge in [0.1, 0.15) is 0 Å². The third-order valence-electron chi connectivity index (χ3n) is 1.06. The molecule has 0 rings (SSSR count). The maximum Gasteiger partial charge on any atom is -0.344 e. The van der Waals surface area contributed by atoms with E-state index >= 15 is 0 Å². The summed E-state index contributed by atoms with van der Waals surface area (Å²) in [6, 6.07) is 0. The zero-order valence-corrected chi connectivity index (χ0v) is 9.04. The number of hydrogen-bond donors (Lipinski definition) is 1. The molecule has 0 aromatic rings. The Balaban J connectivity index is -0.000000125. The third-order valence-corrected chi connectivity index (χ3v) is 3.18. The van der Waals surface area contributed by atoms with Gasteiger partial charge in [0, 0.05) is 0 Å². The van der Waals surface area contributed by atoms with Crippen molar-refractivity contribution in [3.63, 3.8) is 0 Å². The van der Waals surface area contributed by atoms with Crippen LogP contribution in [-0.4, -0.2) is 26.2 Å². The summed E-state index contributed by atoms with van der Waals surface area (Å²) in [6.07, 6.45) is 1.41. The minimum absolute atomic E-state index is 0. The summed E-state index contributed by atoms with van der Waals surface area (Å²) in [5.74, 6) is 0. The molecule has 0 saturated carbocycles. The Bertz CT molecular complexity index is 42.2. The first-order chi connectivity index (χ1) is 2.56. The summed E-state index contributed by atoms with van der Waals surface area (Å²) < 4.78 is 0. The van der Waals surface area contributed by atoms with Crippen molar-refractivity contribution in [2.24, 2.45) is 0 Å². The van der Waals surface area contributed by atoms with E-state index in [4.69, 9.17) is 0 Å². The van der Waals surface area contributed by atoms with Gasteiger partial charge >= 0.3 is 40.3 Å². The van der Waals surface area contributed by atoms with E-state index < -0.39 is 7.26 Å². The molecule has 0 bridgehead atoms. The van der Waals surface area contributed by atoms with Crippen LogP contribution in [0.3, 0.4) is 0 Å². The zero-order valence-electron chi connectivity index (χ0n) is 6.32. The fraction of sp³-hybridized carbons (Fsp3) is 1.00. The van der Waals surface area contributed by atoms with Gasteiger partial charge in [-0.2, -0.15) is 0 Å². The SMILES string of the molecule is Br.CC[PH](C)(C)C.N. The summed E-state index contributed by atoms with van der Waals surface area (Å²) in [6.45, 7) is 9.42. The first-order valence-electron chi connectivity index (χ1n) is 2.56. The van der Waals surface area contributed by atoms with Gasteiger partial charge in [-0.25, -0.2) is 0 Å². The minimum Gasteiger partial charge on any atom is -0.344 e. The molecule has 3 heteroatoms. The van der Waals surface area contributed by atoms with Crippen LogP contribution in [0.15, 0.2) is 0 Å². The number of hydrogen-bond acceptors (Lipinski definition) is 1. The van der Waals surface area contributed by atoms with Gasteiger partial charge in [-0.3, -0.25) is 0 Å². The standard InChI is InChI=1S/C5H15P.BrH.H3N/c1-5-6(2,3)4;;/h6H,5H2,1-4H3;1H;1H3. The Labute approximate surface area is 63.9 Å². The Morgan fingerprint density at radius 3 is 1.25 bits per heavy atom. The van der Waals surface area contributed by atoms with Gasteiger partial charge in [0.25, 0.3) is 0 Å². The average Bonchev–Trinajstić information content (AvgIpc) is 1.35. The van der Waals surface area contributed by atoms with Crippen molar-refractivity contribution in [2.45, 2.75) is 6.92 Å².